The van der Waals surface area contributed by atoms with Gasteiger partial charge in [-0.25, -0.2) is 13.8 Å². The van der Waals surface area contributed by atoms with Crippen LogP contribution in [0.4, 0.5) is 14.5 Å². The Morgan fingerprint density at radius 3 is 2.68 bits per heavy atom. The van der Waals surface area contributed by atoms with Gasteiger partial charge >= 0.3 is 0 Å². The molecule has 5 nitrogen and oxygen atoms in total. The number of carbonyl (C=O) groups excluding carboxylic acids is 1. The van der Waals surface area contributed by atoms with Crippen molar-refractivity contribution < 1.29 is 13.6 Å². The van der Waals surface area contributed by atoms with Gasteiger partial charge < -0.3 is 5.32 Å². The van der Waals surface area contributed by atoms with E-state index in [9.17, 15) is 18.4 Å². The molecule has 0 atom stereocenters. The summed E-state index contributed by atoms with van der Waals surface area (Å²) < 4.78 is 29.0. The lowest BCUT2D eigenvalue weighted by Crippen LogP contribution is -2.21. The topological polar surface area (TPSA) is 64.0 Å². The van der Waals surface area contributed by atoms with Crippen molar-refractivity contribution in [1.82, 2.24) is 9.55 Å². The van der Waals surface area contributed by atoms with Crippen molar-refractivity contribution >= 4 is 44.9 Å². The summed E-state index contributed by atoms with van der Waals surface area (Å²) in [5, 5.41) is 4.60. The van der Waals surface area contributed by atoms with Gasteiger partial charge in [-0.05, 0) is 24.6 Å². The van der Waals surface area contributed by atoms with E-state index in [-0.39, 0.29) is 17.0 Å². The standard InChI is InChI=1S/C22H17F2N3O2S2/c1-12-3-5-13(6-4-12)15-10-30-20-19(15)26-22(27(2)21(20)29)31-11-18(28)25-17-9-14(23)7-8-16(17)24/h3-10H,11H2,1-2H3,(H,25,28). The fourth-order valence-corrected chi connectivity index (χ4v) is 4.75. The molecule has 31 heavy (non-hydrogen) atoms. The first kappa shape index (κ1) is 21.2. The summed E-state index contributed by atoms with van der Waals surface area (Å²) in [6.07, 6.45) is 0. The predicted octanol–water partition coefficient (Wildman–Crippen LogP) is 4.98. The first-order valence-electron chi connectivity index (χ1n) is 9.26. The lowest BCUT2D eigenvalue weighted by Gasteiger charge is -2.09. The van der Waals surface area contributed by atoms with Gasteiger partial charge in [-0.2, -0.15) is 0 Å². The number of rotatable bonds is 5. The Bertz CT molecular complexity index is 1350. The lowest BCUT2D eigenvalue weighted by atomic mass is 10.1. The van der Waals surface area contributed by atoms with Crippen molar-refractivity contribution in [2.45, 2.75) is 12.1 Å². The average molecular weight is 458 g/mol. The van der Waals surface area contributed by atoms with Crippen LogP contribution < -0.4 is 10.9 Å². The van der Waals surface area contributed by atoms with Crippen LogP contribution in [0.1, 0.15) is 5.56 Å². The van der Waals surface area contributed by atoms with E-state index < -0.39 is 17.5 Å². The zero-order valence-corrected chi connectivity index (χ0v) is 18.2. The van der Waals surface area contributed by atoms with Gasteiger partial charge in [0.2, 0.25) is 5.91 Å². The first-order chi connectivity index (χ1) is 14.8. The number of thiophene rings is 1. The van der Waals surface area contributed by atoms with E-state index in [1.165, 1.54) is 15.9 Å². The van der Waals surface area contributed by atoms with E-state index in [4.69, 9.17) is 0 Å². The zero-order valence-electron chi connectivity index (χ0n) is 16.6. The second-order valence-corrected chi connectivity index (χ2v) is 8.73. The van der Waals surface area contributed by atoms with Crippen LogP contribution in [0.3, 0.4) is 0 Å². The highest BCUT2D eigenvalue weighted by Crippen LogP contribution is 2.32. The SMILES string of the molecule is Cc1ccc(-c2csc3c(=O)n(C)c(SCC(=O)Nc4cc(F)ccc4F)nc23)cc1. The van der Waals surface area contributed by atoms with Gasteiger partial charge in [0.05, 0.1) is 17.0 Å². The Kier molecular flexibility index (Phi) is 5.88. The van der Waals surface area contributed by atoms with Crippen LogP contribution in [-0.2, 0) is 11.8 Å². The maximum Gasteiger partial charge on any atom is 0.271 e. The van der Waals surface area contributed by atoms with Gasteiger partial charge in [0.25, 0.3) is 5.56 Å². The fourth-order valence-electron chi connectivity index (χ4n) is 3.00. The minimum Gasteiger partial charge on any atom is -0.323 e. The molecule has 9 heteroatoms. The zero-order chi connectivity index (χ0) is 22.1. The second-order valence-electron chi connectivity index (χ2n) is 6.91. The van der Waals surface area contributed by atoms with E-state index in [1.807, 2.05) is 36.6 Å². The maximum atomic E-state index is 13.7. The molecule has 4 aromatic rings. The van der Waals surface area contributed by atoms with Gasteiger partial charge in [0.15, 0.2) is 5.16 Å². The normalized spacial score (nSPS) is 11.1. The van der Waals surface area contributed by atoms with Crippen molar-refractivity contribution in [3.8, 4) is 11.1 Å². The molecule has 1 amide bonds. The molecule has 0 bridgehead atoms. The third kappa shape index (κ3) is 4.38. The van der Waals surface area contributed by atoms with Gasteiger partial charge in [-0.15, -0.1) is 11.3 Å². The average Bonchev–Trinajstić information content (AvgIpc) is 3.17. The fraction of sp³-hybridized carbons (Fsp3) is 0.136. The Balaban J connectivity index is 1.60. The Morgan fingerprint density at radius 2 is 1.94 bits per heavy atom. The predicted molar refractivity (Wildman–Crippen MR) is 121 cm³/mol. The molecule has 158 valence electrons. The molecule has 0 saturated heterocycles. The van der Waals surface area contributed by atoms with Crippen molar-refractivity contribution in [2.75, 3.05) is 11.1 Å². The monoisotopic (exact) mass is 457 g/mol. The minimum absolute atomic E-state index is 0.119. The number of hydrogen-bond donors (Lipinski definition) is 1. The maximum absolute atomic E-state index is 13.7. The molecule has 0 spiro atoms. The van der Waals surface area contributed by atoms with Crippen LogP contribution in [0, 0.1) is 18.6 Å². The number of thioether (sulfide) groups is 1. The summed E-state index contributed by atoms with van der Waals surface area (Å²) in [6.45, 7) is 2.00. The van der Waals surface area contributed by atoms with Gasteiger partial charge in [0.1, 0.15) is 16.3 Å². The Hall–Kier alpha value is -3.04. The van der Waals surface area contributed by atoms with Crippen LogP contribution in [0.25, 0.3) is 21.3 Å². The number of fused-ring (bicyclic) bond motifs is 1. The third-order valence-corrected chi connectivity index (χ3v) is 6.64. The number of benzene rings is 2. The van der Waals surface area contributed by atoms with Crippen molar-refractivity contribution in [3.63, 3.8) is 0 Å². The third-order valence-electron chi connectivity index (χ3n) is 4.66. The highest BCUT2D eigenvalue weighted by Gasteiger charge is 2.17. The van der Waals surface area contributed by atoms with E-state index >= 15 is 0 Å². The first-order valence-corrected chi connectivity index (χ1v) is 11.1. The molecule has 0 aliphatic rings. The van der Waals surface area contributed by atoms with E-state index in [2.05, 4.69) is 10.3 Å². The second kappa shape index (κ2) is 8.60. The van der Waals surface area contributed by atoms with Gasteiger partial charge in [-0.1, -0.05) is 41.6 Å². The van der Waals surface area contributed by atoms with Crippen molar-refractivity contribution in [3.05, 3.63) is 75.4 Å². The highest BCUT2D eigenvalue weighted by atomic mass is 32.2. The van der Waals surface area contributed by atoms with Crippen LogP contribution >= 0.6 is 23.1 Å². The minimum atomic E-state index is -0.729. The summed E-state index contributed by atoms with van der Waals surface area (Å²) in [5.74, 6) is -2.04. The van der Waals surface area contributed by atoms with Crippen LogP contribution in [-0.4, -0.2) is 21.2 Å². The number of aryl methyl sites for hydroxylation is 1. The highest BCUT2D eigenvalue weighted by molar-refractivity contribution is 7.99. The number of nitrogens with zero attached hydrogens (tertiary/aromatic N) is 2. The number of aromatic nitrogens is 2. The lowest BCUT2D eigenvalue weighted by molar-refractivity contribution is -0.113. The number of hydrogen-bond acceptors (Lipinski definition) is 5. The Morgan fingerprint density at radius 1 is 1.19 bits per heavy atom. The molecule has 2 aromatic heterocycles. The van der Waals surface area contributed by atoms with Crippen molar-refractivity contribution in [2.24, 2.45) is 7.05 Å². The van der Waals surface area contributed by atoms with E-state index in [0.717, 1.165) is 46.7 Å². The molecule has 1 N–H and O–H groups in total. The molecule has 4 rings (SSSR count). The molecular formula is C22H17F2N3O2S2. The number of halogens is 2. The number of amides is 1. The molecule has 0 unspecified atom stereocenters. The molecule has 0 aliphatic carbocycles. The smallest absolute Gasteiger partial charge is 0.271 e. The van der Waals surface area contributed by atoms with Crippen LogP contribution in [0.2, 0.25) is 0 Å². The molecule has 2 aromatic carbocycles. The Labute approximate surface area is 184 Å². The van der Waals surface area contributed by atoms with Crippen molar-refractivity contribution in [1.29, 1.82) is 0 Å². The van der Waals surface area contributed by atoms with Gasteiger partial charge in [0, 0.05) is 24.1 Å². The van der Waals surface area contributed by atoms with Crippen LogP contribution in [0.5, 0.6) is 0 Å². The van der Waals surface area contributed by atoms with Gasteiger partial charge in [-0.3, -0.25) is 14.2 Å². The summed E-state index contributed by atoms with van der Waals surface area (Å²) in [6, 6.07) is 10.8. The largest absolute Gasteiger partial charge is 0.323 e. The van der Waals surface area contributed by atoms with Crippen LogP contribution in [0.15, 0.2) is 57.8 Å². The quantitative estimate of drug-likeness (QED) is 0.339. The summed E-state index contributed by atoms with van der Waals surface area (Å²) >= 11 is 2.38. The molecule has 0 aliphatic heterocycles. The van der Waals surface area contributed by atoms with E-state index in [1.54, 1.807) is 7.05 Å². The molecular weight excluding hydrogens is 440 g/mol. The molecule has 0 radical (unpaired) electrons. The number of anilines is 1. The summed E-state index contributed by atoms with van der Waals surface area (Å²) in [5.41, 5.74) is 3.08. The number of nitrogens with one attached hydrogen (secondary N) is 1. The molecule has 2 heterocycles. The number of carbonyl (C=O) groups is 1. The summed E-state index contributed by atoms with van der Waals surface area (Å²) in [4.78, 5) is 29.7. The summed E-state index contributed by atoms with van der Waals surface area (Å²) in [7, 11) is 1.59. The van der Waals surface area contributed by atoms with E-state index in [0.29, 0.717) is 15.4 Å². The molecule has 0 fully saturated rings. The molecule has 0 saturated carbocycles.